The first-order valence-corrected chi connectivity index (χ1v) is 7.93. The van der Waals surface area contributed by atoms with E-state index in [1.165, 1.54) is 5.56 Å². The van der Waals surface area contributed by atoms with Gasteiger partial charge in [-0.15, -0.1) is 0 Å². The van der Waals surface area contributed by atoms with Gasteiger partial charge in [-0.05, 0) is 38.8 Å². The molecule has 0 aliphatic carbocycles. The highest BCUT2D eigenvalue weighted by Gasteiger charge is 2.20. The molecule has 0 atom stereocenters. The van der Waals surface area contributed by atoms with Crippen molar-refractivity contribution in [3.8, 4) is 0 Å². The van der Waals surface area contributed by atoms with Crippen molar-refractivity contribution in [2.75, 3.05) is 26.2 Å². The van der Waals surface area contributed by atoms with E-state index < -0.39 is 0 Å². The largest absolute Gasteiger partial charge is 0.468 e. The molecule has 2 rings (SSSR count). The van der Waals surface area contributed by atoms with E-state index in [9.17, 15) is 0 Å². The normalized spacial score (nSPS) is 17.7. The summed E-state index contributed by atoms with van der Waals surface area (Å²) in [5.74, 6) is 1.11. The van der Waals surface area contributed by atoms with Gasteiger partial charge in [-0.3, -0.25) is 4.90 Å². The highest BCUT2D eigenvalue weighted by Crippen LogP contribution is 2.18. The molecule has 4 nitrogen and oxygen atoms in total. The molecule has 4 heteroatoms. The van der Waals surface area contributed by atoms with Gasteiger partial charge in [0.2, 0.25) is 0 Å². The van der Waals surface area contributed by atoms with Crippen molar-refractivity contribution in [3.63, 3.8) is 0 Å². The molecule has 1 aliphatic heterocycles. The second-order valence-electron chi connectivity index (χ2n) is 5.48. The molecule has 1 aliphatic rings. The SMILES string of the molecule is CCCNCc1ccoc1CN1CCC(OCC)CC1. The van der Waals surface area contributed by atoms with Crippen molar-refractivity contribution in [2.24, 2.45) is 0 Å². The van der Waals surface area contributed by atoms with Crippen molar-refractivity contribution in [2.45, 2.75) is 52.3 Å². The van der Waals surface area contributed by atoms with Gasteiger partial charge >= 0.3 is 0 Å². The molecule has 0 unspecified atom stereocenters. The summed E-state index contributed by atoms with van der Waals surface area (Å²) in [4.78, 5) is 2.47. The number of likely N-dealkylation sites (tertiary alicyclic amines) is 1. The number of furan rings is 1. The summed E-state index contributed by atoms with van der Waals surface area (Å²) in [6.45, 7) is 10.2. The van der Waals surface area contributed by atoms with Crippen molar-refractivity contribution < 1.29 is 9.15 Å². The van der Waals surface area contributed by atoms with Gasteiger partial charge in [-0.1, -0.05) is 6.92 Å². The van der Waals surface area contributed by atoms with Crippen molar-refractivity contribution in [1.82, 2.24) is 10.2 Å². The van der Waals surface area contributed by atoms with E-state index in [4.69, 9.17) is 9.15 Å². The molecule has 1 fully saturated rings. The van der Waals surface area contributed by atoms with E-state index in [0.717, 1.165) is 64.4 Å². The topological polar surface area (TPSA) is 37.6 Å². The summed E-state index contributed by atoms with van der Waals surface area (Å²) in [7, 11) is 0. The van der Waals surface area contributed by atoms with Crippen LogP contribution in [0.15, 0.2) is 16.7 Å². The lowest BCUT2D eigenvalue weighted by Gasteiger charge is -2.31. The quantitative estimate of drug-likeness (QED) is 0.743. The lowest BCUT2D eigenvalue weighted by molar-refractivity contribution is 0.0111. The van der Waals surface area contributed by atoms with Crippen LogP contribution in [0.2, 0.25) is 0 Å². The maximum atomic E-state index is 5.70. The van der Waals surface area contributed by atoms with E-state index in [0.29, 0.717) is 6.10 Å². The Labute approximate surface area is 122 Å². The second-order valence-corrected chi connectivity index (χ2v) is 5.48. The molecule has 114 valence electrons. The van der Waals surface area contributed by atoms with E-state index in [1.54, 1.807) is 0 Å². The fourth-order valence-corrected chi connectivity index (χ4v) is 2.74. The smallest absolute Gasteiger partial charge is 0.122 e. The summed E-state index contributed by atoms with van der Waals surface area (Å²) >= 11 is 0. The number of ether oxygens (including phenoxy) is 1. The summed E-state index contributed by atoms with van der Waals surface area (Å²) in [6, 6.07) is 2.09. The Morgan fingerprint density at radius 2 is 2.15 bits per heavy atom. The minimum Gasteiger partial charge on any atom is -0.468 e. The zero-order valence-electron chi connectivity index (χ0n) is 12.9. The molecule has 20 heavy (non-hydrogen) atoms. The van der Waals surface area contributed by atoms with Crippen LogP contribution in [0.4, 0.5) is 0 Å². The highest BCUT2D eigenvalue weighted by molar-refractivity contribution is 5.16. The molecule has 1 N–H and O–H groups in total. The monoisotopic (exact) mass is 280 g/mol. The zero-order valence-corrected chi connectivity index (χ0v) is 12.9. The second kappa shape index (κ2) is 8.45. The summed E-state index contributed by atoms with van der Waals surface area (Å²) in [6.07, 6.45) is 5.71. The molecular formula is C16H28N2O2. The van der Waals surface area contributed by atoms with Crippen LogP contribution in [0.3, 0.4) is 0 Å². The fraction of sp³-hybridized carbons (Fsp3) is 0.750. The van der Waals surface area contributed by atoms with Crippen LogP contribution in [0.25, 0.3) is 0 Å². The lowest BCUT2D eigenvalue weighted by atomic mass is 10.1. The van der Waals surface area contributed by atoms with E-state index in [-0.39, 0.29) is 0 Å². The molecular weight excluding hydrogens is 252 g/mol. The molecule has 1 aromatic heterocycles. The van der Waals surface area contributed by atoms with Crippen LogP contribution < -0.4 is 5.32 Å². The Bertz CT molecular complexity index is 370. The molecule has 0 radical (unpaired) electrons. The molecule has 0 aromatic carbocycles. The predicted octanol–water partition coefficient (Wildman–Crippen LogP) is 2.78. The van der Waals surface area contributed by atoms with Crippen LogP contribution >= 0.6 is 0 Å². The van der Waals surface area contributed by atoms with Crippen LogP contribution in [0.1, 0.15) is 44.4 Å². The lowest BCUT2D eigenvalue weighted by Crippen LogP contribution is -2.36. The third-order valence-corrected chi connectivity index (χ3v) is 3.88. The standard InChI is InChI=1S/C16H28N2O2/c1-3-8-17-12-14-7-11-20-16(14)13-18-9-5-15(6-10-18)19-4-2/h7,11,15,17H,3-6,8-10,12-13H2,1-2H3. The molecule has 2 heterocycles. The molecule has 1 aromatic rings. The maximum Gasteiger partial charge on any atom is 0.122 e. The summed E-state index contributed by atoms with van der Waals surface area (Å²) in [5, 5.41) is 3.44. The molecule has 0 spiro atoms. The maximum absolute atomic E-state index is 5.70. The number of rotatable bonds is 8. The van der Waals surface area contributed by atoms with Gasteiger partial charge in [0, 0.05) is 31.8 Å². The predicted molar refractivity (Wildman–Crippen MR) is 80.6 cm³/mol. The van der Waals surface area contributed by atoms with Crippen LogP contribution in [0, 0.1) is 0 Å². The third kappa shape index (κ3) is 4.62. The first-order chi connectivity index (χ1) is 9.83. The molecule has 0 saturated carbocycles. The summed E-state index contributed by atoms with van der Waals surface area (Å²) < 4.78 is 11.4. The van der Waals surface area contributed by atoms with Gasteiger partial charge in [0.1, 0.15) is 5.76 Å². The number of nitrogens with zero attached hydrogens (tertiary/aromatic N) is 1. The first-order valence-electron chi connectivity index (χ1n) is 7.93. The molecule has 1 saturated heterocycles. The van der Waals surface area contributed by atoms with E-state index in [2.05, 4.69) is 30.1 Å². The average molecular weight is 280 g/mol. The van der Waals surface area contributed by atoms with Crippen molar-refractivity contribution >= 4 is 0 Å². The van der Waals surface area contributed by atoms with E-state index in [1.807, 2.05) is 6.26 Å². The Morgan fingerprint density at radius 1 is 1.35 bits per heavy atom. The highest BCUT2D eigenvalue weighted by atomic mass is 16.5. The van der Waals surface area contributed by atoms with Crippen LogP contribution in [-0.4, -0.2) is 37.2 Å². The Balaban J connectivity index is 1.78. The Hall–Kier alpha value is -0.840. The van der Waals surface area contributed by atoms with Gasteiger partial charge in [0.05, 0.1) is 18.9 Å². The number of nitrogens with one attached hydrogen (secondary N) is 1. The average Bonchev–Trinajstić information content (AvgIpc) is 2.89. The Kier molecular flexibility index (Phi) is 6.57. The van der Waals surface area contributed by atoms with E-state index >= 15 is 0 Å². The molecule has 0 bridgehead atoms. The van der Waals surface area contributed by atoms with Gasteiger partial charge in [-0.25, -0.2) is 0 Å². The summed E-state index contributed by atoms with van der Waals surface area (Å²) in [5.41, 5.74) is 1.30. The van der Waals surface area contributed by atoms with Crippen molar-refractivity contribution in [3.05, 3.63) is 23.7 Å². The zero-order chi connectivity index (χ0) is 14.2. The fourth-order valence-electron chi connectivity index (χ4n) is 2.74. The third-order valence-electron chi connectivity index (χ3n) is 3.88. The first kappa shape index (κ1) is 15.5. The van der Waals surface area contributed by atoms with Gasteiger partial charge in [0.15, 0.2) is 0 Å². The van der Waals surface area contributed by atoms with Crippen LogP contribution in [0.5, 0.6) is 0 Å². The van der Waals surface area contributed by atoms with Gasteiger partial charge in [-0.2, -0.15) is 0 Å². The molecule has 0 amide bonds. The van der Waals surface area contributed by atoms with Gasteiger partial charge < -0.3 is 14.5 Å². The number of hydrogen-bond acceptors (Lipinski definition) is 4. The number of piperidine rings is 1. The minimum absolute atomic E-state index is 0.457. The van der Waals surface area contributed by atoms with Crippen molar-refractivity contribution in [1.29, 1.82) is 0 Å². The minimum atomic E-state index is 0.457. The van der Waals surface area contributed by atoms with Gasteiger partial charge in [0.25, 0.3) is 0 Å². The Morgan fingerprint density at radius 3 is 2.85 bits per heavy atom. The van der Waals surface area contributed by atoms with Crippen LogP contribution in [-0.2, 0) is 17.8 Å². The number of hydrogen-bond donors (Lipinski definition) is 1.